The quantitative estimate of drug-likeness (QED) is 0.213. The highest BCUT2D eigenvalue weighted by Gasteiger charge is 2.11. The first-order valence-corrected chi connectivity index (χ1v) is 9.32. The summed E-state index contributed by atoms with van der Waals surface area (Å²) in [5.41, 5.74) is 0.666. The predicted octanol–water partition coefficient (Wildman–Crippen LogP) is 1.70. The molecule has 1 aromatic carbocycles. The molecule has 0 atom stereocenters. The lowest BCUT2D eigenvalue weighted by molar-refractivity contribution is 0.152. The molecule has 10 heteroatoms. The number of hydrogen-bond acceptors (Lipinski definition) is 4. The molecule has 0 amide bonds. The molecule has 1 rings (SSSR count). The zero-order chi connectivity index (χ0) is 18.0. The van der Waals surface area contributed by atoms with E-state index in [1.54, 1.807) is 14.0 Å². The van der Waals surface area contributed by atoms with Crippen LogP contribution in [0.4, 0.5) is 10.1 Å². The zero-order valence-electron chi connectivity index (χ0n) is 14.6. The first-order chi connectivity index (χ1) is 11.4. The lowest BCUT2D eigenvalue weighted by Gasteiger charge is -2.13. The van der Waals surface area contributed by atoms with Crippen molar-refractivity contribution in [3.05, 3.63) is 29.6 Å². The van der Waals surface area contributed by atoms with Gasteiger partial charge in [-0.25, -0.2) is 12.8 Å². The molecule has 0 spiro atoms. The number of nitrogens with one attached hydrogen (secondary N) is 3. The van der Waals surface area contributed by atoms with Crippen molar-refractivity contribution in [1.29, 1.82) is 0 Å². The lowest BCUT2D eigenvalue weighted by atomic mass is 10.2. The Morgan fingerprint density at radius 2 is 1.96 bits per heavy atom. The Hall–Kier alpha value is -1.14. The minimum Gasteiger partial charge on any atom is -0.380 e. The third-order valence-corrected chi connectivity index (χ3v) is 4.36. The van der Waals surface area contributed by atoms with Crippen molar-refractivity contribution in [3.8, 4) is 0 Å². The Labute approximate surface area is 165 Å². The highest BCUT2D eigenvalue weighted by atomic mass is 127. The van der Waals surface area contributed by atoms with E-state index in [1.165, 1.54) is 12.1 Å². The van der Waals surface area contributed by atoms with E-state index < -0.39 is 15.8 Å². The largest absolute Gasteiger partial charge is 0.380 e. The summed E-state index contributed by atoms with van der Waals surface area (Å²) in [6, 6.07) is 4.21. The van der Waals surface area contributed by atoms with E-state index >= 15 is 0 Å². The number of halogens is 2. The summed E-state index contributed by atoms with van der Waals surface area (Å²) < 4.78 is 45.0. The molecule has 144 valence electrons. The van der Waals surface area contributed by atoms with Gasteiger partial charge in [-0.1, -0.05) is 6.07 Å². The van der Waals surface area contributed by atoms with Crippen LogP contribution in [0, 0.1) is 12.7 Å². The van der Waals surface area contributed by atoms with Gasteiger partial charge >= 0.3 is 0 Å². The van der Waals surface area contributed by atoms with Gasteiger partial charge in [0.15, 0.2) is 5.96 Å². The van der Waals surface area contributed by atoms with Crippen LogP contribution in [0.2, 0.25) is 0 Å². The van der Waals surface area contributed by atoms with Gasteiger partial charge < -0.3 is 15.4 Å². The fraction of sp³-hybridized carbons (Fsp3) is 0.533. The number of nitrogens with zero attached hydrogens (tertiary/aromatic N) is 1. The van der Waals surface area contributed by atoms with Gasteiger partial charge in [-0.15, -0.1) is 24.0 Å². The van der Waals surface area contributed by atoms with Crippen LogP contribution in [0.1, 0.15) is 12.5 Å². The molecule has 0 aliphatic heterocycles. The molecule has 0 aliphatic carbocycles. The number of hydrogen-bond donors (Lipinski definition) is 3. The molecule has 1 aromatic rings. The number of ether oxygens (including phenoxy) is 1. The minimum absolute atomic E-state index is 0. The summed E-state index contributed by atoms with van der Waals surface area (Å²) >= 11 is 0. The molecular formula is C15H26FIN4O3S. The Morgan fingerprint density at radius 3 is 2.56 bits per heavy atom. The first-order valence-electron chi connectivity index (χ1n) is 7.67. The van der Waals surface area contributed by atoms with E-state index in [0.29, 0.717) is 31.3 Å². The maximum Gasteiger partial charge on any atom is 0.234 e. The molecule has 0 aliphatic rings. The normalized spacial score (nSPS) is 11.6. The Morgan fingerprint density at radius 1 is 1.28 bits per heavy atom. The Kier molecular flexibility index (Phi) is 11.7. The number of aryl methyl sites for hydroxylation is 1. The second-order valence-corrected chi connectivity index (χ2v) is 6.85. The highest BCUT2D eigenvalue weighted by Crippen LogP contribution is 2.14. The average Bonchev–Trinajstić information content (AvgIpc) is 2.53. The van der Waals surface area contributed by atoms with Crippen molar-refractivity contribution in [2.45, 2.75) is 13.8 Å². The van der Waals surface area contributed by atoms with Crippen LogP contribution in [0.25, 0.3) is 0 Å². The summed E-state index contributed by atoms with van der Waals surface area (Å²) in [7, 11) is -1.99. The summed E-state index contributed by atoms with van der Waals surface area (Å²) in [6.07, 6.45) is 0. The SMILES string of the molecule is CCOCCNC(=NC)NCCS(=O)(=O)Nc1ccc(C)c(F)c1.I. The summed E-state index contributed by atoms with van der Waals surface area (Å²) in [5.74, 6) is -0.132. The molecule has 0 radical (unpaired) electrons. The maximum absolute atomic E-state index is 13.4. The molecule has 0 fully saturated rings. The molecule has 0 unspecified atom stereocenters. The van der Waals surface area contributed by atoms with Gasteiger partial charge in [-0.05, 0) is 31.5 Å². The molecule has 0 bridgehead atoms. The van der Waals surface area contributed by atoms with E-state index in [1.807, 2.05) is 6.92 Å². The third-order valence-electron chi connectivity index (χ3n) is 3.07. The van der Waals surface area contributed by atoms with Gasteiger partial charge in [0.05, 0.1) is 18.0 Å². The van der Waals surface area contributed by atoms with Crippen molar-refractivity contribution >= 4 is 45.6 Å². The number of rotatable bonds is 9. The summed E-state index contributed by atoms with van der Waals surface area (Å²) in [5, 5.41) is 5.90. The van der Waals surface area contributed by atoms with Gasteiger partial charge in [0.2, 0.25) is 10.0 Å². The van der Waals surface area contributed by atoms with Crippen molar-refractivity contribution in [3.63, 3.8) is 0 Å². The smallest absolute Gasteiger partial charge is 0.234 e. The van der Waals surface area contributed by atoms with Crippen molar-refractivity contribution in [1.82, 2.24) is 10.6 Å². The second kappa shape index (κ2) is 12.3. The minimum atomic E-state index is -3.58. The molecule has 7 nitrogen and oxygen atoms in total. The van der Waals surface area contributed by atoms with E-state index in [0.717, 1.165) is 6.07 Å². The van der Waals surface area contributed by atoms with Gasteiger partial charge in [0.25, 0.3) is 0 Å². The van der Waals surface area contributed by atoms with Crippen molar-refractivity contribution < 1.29 is 17.5 Å². The number of anilines is 1. The molecule has 0 saturated heterocycles. The van der Waals surface area contributed by atoms with Crippen LogP contribution < -0.4 is 15.4 Å². The van der Waals surface area contributed by atoms with Crippen LogP contribution >= 0.6 is 24.0 Å². The first kappa shape index (κ1) is 23.9. The van der Waals surface area contributed by atoms with Gasteiger partial charge in [0, 0.05) is 26.7 Å². The lowest BCUT2D eigenvalue weighted by Crippen LogP contribution is -2.41. The predicted molar refractivity (Wildman–Crippen MR) is 110 cm³/mol. The molecular weight excluding hydrogens is 462 g/mol. The topological polar surface area (TPSA) is 91.8 Å². The summed E-state index contributed by atoms with van der Waals surface area (Å²) in [4.78, 5) is 3.98. The fourth-order valence-corrected chi connectivity index (χ4v) is 2.76. The number of benzene rings is 1. The Balaban J connectivity index is 0.00000576. The van der Waals surface area contributed by atoms with Crippen LogP contribution in [0.15, 0.2) is 23.2 Å². The number of guanidine groups is 1. The second-order valence-electron chi connectivity index (χ2n) is 5.01. The van der Waals surface area contributed by atoms with E-state index in [9.17, 15) is 12.8 Å². The van der Waals surface area contributed by atoms with E-state index in [4.69, 9.17) is 4.74 Å². The monoisotopic (exact) mass is 488 g/mol. The van der Waals surface area contributed by atoms with Crippen LogP contribution in [-0.2, 0) is 14.8 Å². The van der Waals surface area contributed by atoms with Gasteiger partial charge in [0.1, 0.15) is 5.82 Å². The van der Waals surface area contributed by atoms with Gasteiger partial charge in [-0.3, -0.25) is 9.71 Å². The highest BCUT2D eigenvalue weighted by molar-refractivity contribution is 14.0. The number of sulfonamides is 1. The molecule has 0 aromatic heterocycles. The van der Waals surface area contributed by atoms with Gasteiger partial charge in [-0.2, -0.15) is 0 Å². The van der Waals surface area contributed by atoms with Crippen molar-refractivity contribution in [2.75, 3.05) is 43.8 Å². The van der Waals surface area contributed by atoms with Crippen LogP contribution in [0.5, 0.6) is 0 Å². The van der Waals surface area contributed by atoms with E-state index in [2.05, 4.69) is 20.3 Å². The molecule has 3 N–H and O–H groups in total. The fourth-order valence-electron chi connectivity index (χ4n) is 1.80. The maximum atomic E-state index is 13.4. The third kappa shape index (κ3) is 9.80. The van der Waals surface area contributed by atoms with Crippen LogP contribution in [0.3, 0.4) is 0 Å². The molecule has 0 saturated carbocycles. The average molecular weight is 488 g/mol. The molecule has 0 heterocycles. The van der Waals surface area contributed by atoms with E-state index in [-0.39, 0.29) is 42.0 Å². The molecule has 25 heavy (non-hydrogen) atoms. The summed E-state index contributed by atoms with van der Waals surface area (Å²) in [6.45, 7) is 5.43. The Bertz CT molecular complexity index is 656. The number of aliphatic imine (C=N–C) groups is 1. The van der Waals surface area contributed by atoms with Crippen molar-refractivity contribution in [2.24, 2.45) is 4.99 Å². The van der Waals surface area contributed by atoms with Crippen LogP contribution in [-0.4, -0.2) is 53.5 Å². The zero-order valence-corrected chi connectivity index (χ0v) is 17.8. The standard InChI is InChI=1S/C15H25FN4O3S.HI/c1-4-23-9-7-18-15(17-3)19-8-10-24(21,22)20-13-6-5-12(2)14(16)11-13;/h5-6,11,20H,4,7-10H2,1-3H3,(H2,17,18,19);1H.